The van der Waals surface area contributed by atoms with Crippen molar-refractivity contribution in [2.75, 3.05) is 6.54 Å². The van der Waals surface area contributed by atoms with Crippen molar-refractivity contribution in [2.45, 2.75) is 19.8 Å². The van der Waals surface area contributed by atoms with E-state index in [4.69, 9.17) is 16.6 Å². The number of carbonyl (C=O) groups excluding carboxylic acids is 1. The van der Waals surface area contributed by atoms with E-state index in [1.54, 1.807) is 17.2 Å². The molecule has 5 nitrogen and oxygen atoms in total. The van der Waals surface area contributed by atoms with Crippen molar-refractivity contribution in [3.63, 3.8) is 0 Å². The van der Waals surface area contributed by atoms with Gasteiger partial charge in [-0.1, -0.05) is 13.3 Å². The molecule has 0 bridgehead atoms. The monoisotopic (exact) mass is 333 g/mol. The second kappa shape index (κ2) is 6.41. The Labute approximate surface area is 137 Å². The number of unbranched alkanes of at least 4 members (excludes halogenated alkanes) is 1. The van der Waals surface area contributed by atoms with E-state index in [0.717, 1.165) is 23.6 Å². The number of thiazole rings is 1. The first-order valence-corrected chi connectivity index (χ1v) is 8.31. The molecule has 3 heterocycles. The van der Waals surface area contributed by atoms with Gasteiger partial charge in [-0.15, -0.1) is 11.3 Å². The third kappa shape index (κ3) is 2.95. The molecule has 1 saturated heterocycles. The summed E-state index contributed by atoms with van der Waals surface area (Å²) in [7, 11) is 0. The number of hydrogen-bond acceptors (Lipinski definition) is 5. The number of aromatic nitrogens is 1. The Morgan fingerprint density at radius 2 is 2.41 bits per heavy atom. The zero-order valence-electron chi connectivity index (χ0n) is 12.0. The average molecular weight is 333 g/mol. The summed E-state index contributed by atoms with van der Waals surface area (Å²) in [4.78, 5) is 18.4. The second-order valence-electron chi connectivity index (χ2n) is 4.85. The minimum atomic E-state index is -0.0917. The lowest BCUT2D eigenvalue weighted by Gasteiger charge is -2.12. The molecule has 0 aliphatic carbocycles. The minimum Gasteiger partial charge on any atom is -0.462 e. The third-order valence-electron chi connectivity index (χ3n) is 3.24. The van der Waals surface area contributed by atoms with Crippen molar-refractivity contribution in [1.29, 1.82) is 0 Å². The normalized spacial score (nSPS) is 16.6. The van der Waals surface area contributed by atoms with Gasteiger partial charge >= 0.3 is 0 Å². The SMILES string of the molecule is CCCCN1C(=O)/C(=C\c2csc(-c3ccco3)n2)NC1=S. The fourth-order valence-corrected chi connectivity index (χ4v) is 3.13. The lowest BCUT2D eigenvalue weighted by molar-refractivity contribution is -0.122. The van der Waals surface area contributed by atoms with Gasteiger partial charge in [0.15, 0.2) is 15.9 Å². The first-order valence-electron chi connectivity index (χ1n) is 7.03. The van der Waals surface area contributed by atoms with Crippen molar-refractivity contribution in [3.8, 4) is 10.8 Å². The molecule has 1 aliphatic heterocycles. The highest BCUT2D eigenvalue weighted by molar-refractivity contribution is 7.80. The van der Waals surface area contributed by atoms with Gasteiger partial charge in [0, 0.05) is 11.9 Å². The zero-order chi connectivity index (χ0) is 15.5. The molecule has 1 aliphatic rings. The summed E-state index contributed by atoms with van der Waals surface area (Å²) in [6.45, 7) is 2.73. The summed E-state index contributed by atoms with van der Waals surface area (Å²) >= 11 is 6.69. The van der Waals surface area contributed by atoms with Crippen LogP contribution in [0.1, 0.15) is 25.5 Å². The highest BCUT2D eigenvalue weighted by Crippen LogP contribution is 2.25. The lowest BCUT2D eigenvalue weighted by atomic mass is 10.3. The molecule has 7 heteroatoms. The van der Waals surface area contributed by atoms with E-state index in [1.807, 2.05) is 17.5 Å². The Morgan fingerprint density at radius 3 is 3.14 bits per heavy atom. The largest absolute Gasteiger partial charge is 0.462 e. The molecule has 0 radical (unpaired) electrons. The molecule has 1 N–H and O–H groups in total. The van der Waals surface area contributed by atoms with Crippen molar-refractivity contribution < 1.29 is 9.21 Å². The van der Waals surface area contributed by atoms with E-state index in [2.05, 4.69) is 17.2 Å². The van der Waals surface area contributed by atoms with E-state index >= 15 is 0 Å². The zero-order valence-corrected chi connectivity index (χ0v) is 13.7. The quantitative estimate of drug-likeness (QED) is 0.672. The summed E-state index contributed by atoms with van der Waals surface area (Å²) in [5, 5.41) is 6.10. The van der Waals surface area contributed by atoms with Crippen LogP contribution in [0, 0.1) is 0 Å². The predicted octanol–water partition coefficient (Wildman–Crippen LogP) is 3.26. The summed E-state index contributed by atoms with van der Waals surface area (Å²) in [6.07, 6.45) is 5.29. The second-order valence-corrected chi connectivity index (χ2v) is 6.10. The highest BCUT2D eigenvalue weighted by atomic mass is 32.1. The Bertz CT molecular complexity index is 719. The van der Waals surface area contributed by atoms with Crippen LogP contribution in [0.15, 0.2) is 33.9 Å². The number of amides is 1. The Kier molecular flexibility index (Phi) is 4.35. The molecule has 2 aromatic rings. The van der Waals surface area contributed by atoms with Crippen LogP contribution in [-0.4, -0.2) is 27.4 Å². The fraction of sp³-hybridized carbons (Fsp3) is 0.267. The van der Waals surface area contributed by atoms with Gasteiger partial charge in [-0.3, -0.25) is 9.69 Å². The minimum absolute atomic E-state index is 0.0917. The Balaban J connectivity index is 1.78. The van der Waals surface area contributed by atoms with E-state index in [9.17, 15) is 4.79 Å². The molecule has 1 amide bonds. The molecule has 0 spiro atoms. The van der Waals surface area contributed by atoms with Crippen LogP contribution in [0.4, 0.5) is 0 Å². The third-order valence-corrected chi connectivity index (χ3v) is 4.44. The van der Waals surface area contributed by atoms with Gasteiger partial charge < -0.3 is 9.73 Å². The van der Waals surface area contributed by atoms with Gasteiger partial charge in [0.1, 0.15) is 5.70 Å². The van der Waals surface area contributed by atoms with Crippen molar-refractivity contribution in [2.24, 2.45) is 0 Å². The number of thiocarbonyl (C=S) groups is 1. The van der Waals surface area contributed by atoms with Crippen LogP contribution in [-0.2, 0) is 4.79 Å². The number of nitrogens with zero attached hydrogens (tertiary/aromatic N) is 2. The first-order chi connectivity index (χ1) is 10.7. The van der Waals surface area contributed by atoms with Gasteiger partial charge in [-0.2, -0.15) is 0 Å². The average Bonchev–Trinajstić information content (AvgIpc) is 3.21. The standard InChI is InChI=1S/C15H15N3O2S2/c1-2-3-6-18-14(19)11(17-15(18)21)8-10-9-22-13(16-10)12-5-4-7-20-12/h4-5,7-9H,2-3,6H2,1H3,(H,17,21)/b11-8+. The van der Waals surface area contributed by atoms with Crippen molar-refractivity contribution in [3.05, 3.63) is 35.2 Å². The smallest absolute Gasteiger partial charge is 0.276 e. The maximum Gasteiger partial charge on any atom is 0.276 e. The van der Waals surface area contributed by atoms with Gasteiger partial charge in [0.25, 0.3) is 5.91 Å². The molecule has 2 aromatic heterocycles. The van der Waals surface area contributed by atoms with Gasteiger partial charge in [-0.25, -0.2) is 4.98 Å². The molecule has 1 fully saturated rings. The van der Waals surface area contributed by atoms with Crippen molar-refractivity contribution >= 4 is 40.7 Å². The molecule has 114 valence electrons. The van der Waals surface area contributed by atoms with E-state index in [-0.39, 0.29) is 5.91 Å². The molecule has 0 aromatic carbocycles. The summed E-state index contributed by atoms with van der Waals surface area (Å²) < 4.78 is 5.32. The summed E-state index contributed by atoms with van der Waals surface area (Å²) in [5.41, 5.74) is 1.18. The van der Waals surface area contributed by atoms with Gasteiger partial charge in [0.2, 0.25) is 0 Å². The Hall–Kier alpha value is -1.99. The molecule has 22 heavy (non-hydrogen) atoms. The molecule has 3 rings (SSSR count). The summed E-state index contributed by atoms with van der Waals surface area (Å²) in [5.74, 6) is 0.631. The number of rotatable bonds is 5. The lowest BCUT2D eigenvalue weighted by Crippen LogP contribution is -2.31. The van der Waals surface area contributed by atoms with Crippen LogP contribution < -0.4 is 5.32 Å². The van der Waals surface area contributed by atoms with Crippen molar-refractivity contribution in [1.82, 2.24) is 15.2 Å². The number of carbonyl (C=O) groups is 1. The topological polar surface area (TPSA) is 58.4 Å². The van der Waals surface area contributed by atoms with Gasteiger partial charge in [0.05, 0.1) is 12.0 Å². The van der Waals surface area contributed by atoms with Crippen LogP contribution in [0.3, 0.4) is 0 Å². The van der Waals surface area contributed by atoms with Crippen LogP contribution in [0.25, 0.3) is 16.8 Å². The number of furan rings is 1. The highest BCUT2D eigenvalue weighted by Gasteiger charge is 2.30. The van der Waals surface area contributed by atoms with E-state index < -0.39 is 0 Å². The summed E-state index contributed by atoms with van der Waals surface area (Å²) in [6, 6.07) is 3.68. The maximum absolute atomic E-state index is 12.3. The molecular weight excluding hydrogens is 318 g/mol. The maximum atomic E-state index is 12.3. The van der Waals surface area contributed by atoms with Crippen LogP contribution >= 0.6 is 23.6 Å². The first kappa shape index (κ1) is 14.9. The molecule has 0 saturated carbocycles. The van der Waals surface area contributed by atoms with Crippen LogP contribution in [0.2, 0.25) is 0 Å². The van der Waals surface area contributed by atoms with E-state index in [1.165, 1.54) is 11.3 Å². The molecular formula is C15H15N3O2S2. The predicted molar refractivity (Wildman–Crippen MR) is 90.1 cm³/mol. The van der Waals surface area contributed by atoms with E-state index in [0.29, 0.717) is 23.0 Å². The number of nitrogens with one attached hydrogen (secondary N) is 1. The van der Waals surface area contributed by atoms with Crippen LogP contribution in [0.5, 0.6) is 0 Å². The molecule has 0 unspecified atom stereocenters. The Morgan fingerprint density at radius 1 is 1.55 bits per heavy atom. The fourth-order valence-electron chi connectivity index (χ4n) is 2.10. The van der Waals surface area contributed by atoms with Gasteiger partial charge in [-0.05, 0) is 36.8 Å². The molecule has 0 atom stereocenters. The number of hydrogen-bond donors (Lipinski definition) is 1.